The van der Waals surface area contributed by atoms with E-state index in [1.54, 1.807) is 0 Å². The number of benzene rings is 1. The van der Waals surface area contributed by atoms with Gasteiger partial charge in [-0.2, -0.15) is 0 Å². The molecule has 4 heteroatoms. The highest BCUT2D eigenvalue weighted by molar-refractivity contribution is 9.10. The van der Waals surface area contributed by atoms with Crippen LogP contribution in [0.3, 0.4) is 0 Å². The van der Waals surface area contributed by atoms with Crippen LogP contribution in [0.4, 0.5) is 5.69 Å². The monoisotopic (exact) mass is 285 g/mol. The van der Waals surface area contributed by atoms with E-state index in [0.29, 0.717) is 12.6 Å². The molecule has 1 aromatic rings. The Kier molecular flexibility index (Phi) is 4.07. The van der Waals surface area contributed by atoms with Crippen molar-refractivity contribution < 1.29 is 9.47 Å². The predicted molar refractivity (Wildman–Crippen MR) is 68.2 cm³/mol. The molecule has 1 fully saturated rings. The highest BCUT2D eigenvalue weighted by Gasteiger charge is 2.16. The van der Waals surface area contributed by atoms with Crippen molar-refractivity contribution in [3.05, 3.63) is 22.7 Å². The van der Waals surface area contributed by atoms with Crippen LogP contribution >= 0.6 is 15.9 Å². The lowest BCUT2D eigenvalue weighted by molar-refractivity contribution is 0.195. The van der Waals surface area contributed by atoms with Crippen LogP contribution in [0.2, 0.25) is 0 Å². The molecule has 1 aromatic carbocycles. The minimum atomic E-state index is 0.403. The normalized spacial score (nSPS) is 19.8. The van der Waals surface area contributed by atoms with Crippen LogP contribution in [0.25, 0.3) is 0 Å². The minimum absolute atomic E-state index is 0.403. The molecule has 0 spiro atoms. The number of halogens is 1. The van der Waals surface area contributed by atoms with Crippen molar-refractivity contribution >= 4 is 21.6 Å². The first-order valence-corrected chi connectivity index (χ1v) is 6.35. The van der Waals surface area contributed by atoms with Crippen LogP contribution in [0.15, 0.2) is 22.7 Å². The summed E-state index contributed by atoms with van der Waals surface area (Å²) in [5.74, 6) is 0.892. The average molecular weight is 286 g/mol. The summed E-state index contributed by atoms with van der Waals surface area (Å²) in [6, 6.07) is 6.44. The molecule has 0 bridgehead atoms. The molecule has 0 radical (unpaired) electrons. The van der Waals surface area contributed by atoms with E-state index < -0.39 is 0 Å². The Morgan fingerprint density at radius 1 is 1.56 bits per heavy atom. The average Bonchev–Trinajstić information content (AvgIpc) is 2.75. The molecule has 1 unspecified atom stereocenters. The summed E-state index contributed by atoms with van der Waals surface area (Å²) in [7, 11) is 0. The van der Waals surface area contributed by atoms with Crippen LogP contribution in [-0.2, 0) is 4.74 Å². The zero-order valence-electron chi connectivity index (χ0n) is 9.33. The van der Waals surface area contributed by atoms with Gasteiger partial charge in [0.15, 0.2) is 0 Å². The van der Waals surface area contributed by atoms with Gasteiger partial charge in [0, 0.05) is 11.1 Å². The Morgan fingerprint density at radius 2 is 2.44 bits per heavy atom. The molecule has 1 heterocycles. The van der Waals surface area contributed by atoms with Gasteiger partial charge >= 0.3 is 0 Å². The SMILES string of the molecule is CCOc1cc(Br)ccc1NC1CCOC1. The summed E-state index contributed by atoms with van der Waals surface area (Å²) in [6.07, 6.45) is 1.06. The molecule has 3 nitrogen and oxygen atoms in total. The van der Waals surface area contributed by atoms with E-state index in [0.717, 1.165) is 35.5 Å². The first-order valence-electron chi connectivity index (χ1n) is 5.56. The second-order valence-electron chi connectivity index (χ2n) is 3.78. The molecule has 2 rings (SSSR count). The van der Waals surface area contributed by atoms with Crippen molar-refractivity contribution in [1.29, 1.82) is 0 Å². The zero-order chi connectivity index (χ0) is 11.4. The maximum Gasteiger partial charge on any atom is 0.143 e. The van der Waals surface area contributed by atoms with Gasteiger partial charge in [0.2, 0.25) is 0 Å². The molecular weight excluding hydrogens is 270 g/mol. The molecular formula is C12H16BrNO2. The lowest BCUT2D eigenvalue weighted by atomic mass is 10.2. The van der Waals surface area contributed by atoms with E-state index in [1.807, 2.05) is 25.1 Å². The Bertz CT molecular complexity index is 351. The van der Waals surface area contributed by atoms with Crippen LogP contribution in [-0.4, -0.2) is 25.9 Å². The summed E-state index contributed by atoms with van der Waals surface area (Å²) in [5, 5.41) is 3.45. The first-order chi connectivity index (χ1) is 7.79. The largest absolute Gasteiger partial charge is 0.492 e. The molecule has 16 heavy (non-hydrogen) atoms. The van der Waals surface area contributed by atoms with Crippen LogP contribution in [0.5, 0.6) is 5.75 Å². The summed E-state index contributed by atoms with van der Waals surface area (Å²) in [4.78, 5) is 0. The van der Waals surface area contributed by atoms with Gasteiger partial charge in [0.05, 0.1) is 24.9 Å². The van der Waals surface area contributed by atoms with Gasteiger partial charge in [0.1, 0.15) is 5.75 Å². The van der Waals surface area contributed by atoms with Gasteiger partial charge in [-0.15, -0.1) is 0 Å². The Balaban J connectivity index is 2.11. The zero-order valence-corrected chi connectivity index (χ0v) is 10.9. The van der Waals surface area contributed by atoms with E-state index in [2.05, 4.69) is 21.2 Å². The molecule has 0 aromatic heterocycles. The van der Waals surface area contributed by atoms with Gasteiger partial charge < -0.3 is 14.8 Å². The maximum absolute atomic E-state index is 5.59. The number of hydrogen-bond donors (Lipinski definition) is 1. The summed E-state index contributed by atoms with van der Waals surface area (Å²) in [6.45, 7) is 4.29. The molecule has 88 valence electrons. The fourth-order valence-corrected chi connectivity index (χ4v) is 2.10. The van der Waals surface area contributed by atoms with Crippen molar-refractivity contribution in [3.8, 4) is 5.75 Å². The molecule has 1 aliphatic heterocycles. The van der Waals surface area contributed by atoms with Crippen LogP contribution in [0, 0.1) is 0 Å². The van der Waals surface area contributed by atoms with Gasteiger partial charge in [-0.3, -0.25) is 0 Å². The van der Waals surface area contributed by atoms with Gasteiger partial charge in [-0.25, -0.2) is 0 Å². The summed E-state index contributed by atoms with van der Waals surface area (Å²) >= 11 is 3.45. The summed E-state index contributed by atoms with van der Waals surface area (Å²) in [5.41, 5.74) is 1.04. The smallest absolute Gasteiger partial charge is 0.143 e. The van der Waals surface area contributed by atoms with Crippen molar-refractivity contribution in [1.82, 2.24) is 0 Å². The quantitative estimate of drug-likeness (QED) is 0.922. The topological polar surface area (TPSA) is 30.5 Å². The third kappa shape index (κ3) is 2.89. The number of rotatable bonds is 4. The predicted octanol–water partition coefficient (Wildman–Crippen LogP) is 3.05. The van der Waals surface area contributed by atoms with E-state index in [1.165, 1.54) is 0 Å². The van der Waals surface area contributed by atoms with Crippen molar-refractivity contribution in [2.75, 3.05) is 25.1 Å². The minimum Gasteiger partial charge on any atom is -0.492 e. The molecule has 1 aliphatic rings. The number of hydrogen-bond acceptors (Lipinski definition) is 3. The third-order valence-corrected chi connectivity index (χ3v) is 3.03. The number of nitrogens with one attached hydrogen (secondary N) is 1. The second-order valence-corrected chi connectivity index (χ2v) is 4.69. The van der Waals surface area contributed by atoms with Gasteiger partial charge in [-0.05, 0) is 31.5 Å². The Morgan fingerprint density at radius 3 is 3.12 bits per heavy atom. The van der Waals surface area contributed by atoms with Crippen molar-refractivity contribution in [3.63, 3.8) is 0 Å². The van der Waals surface area contributed by atoms with E-state index in [-0.39, 0.29) is 0 Å². The lowest BCUT2D eigenvalue weighted by Gasteiger charge is -2.16. The molecule has 1 N–H and O–H groups in total. The standard InChI is InChI=1S/C12H16BrNO2/c1-2-16-12-7-9(13)3-4-11(12)14-10-5-6-15-8-10/h3-4,7,10,14H,2,5-6,8H2,1H3. The molecule has 0 saturated carbocycles. The van der Waals surface area contributed by atoms with Crippen molar-refractivity contribution in [2.45, 2.75) is 19.4 Å². The number of ether oxygens (including phenoxy) is 2. The van der Waals surface area contributed by atoms with Gasteiger partial charge in [0.25, 0.3) is 0 Å². The molecule has 1 saturated heterocycles. The summed E-state index contributed by atoms with van der Waals surface area (Å²) < 4.78 is 12.0. The first kappa shape index (κ1) is 11.7. The molecule has 0 amide bonds. The Hall–Kier alpha value is -0.740. The fourth-order valence-electron chi connectivity index (χ4n) is 1.76. The van der Waals surface area contributed by atoms with E-state index >= 15 is 0 Å². The highest BCUT2D eigenvalue weighted by atomic mass is 79.9. The van der Waals surface area contributed by atoms with Crippen molar-refractivity contribution in [2.24, 2.45) is 0 Å². The molecule has 0 aliphatic carbocycles. The lowest BCUT2D eigenvalue weighted by Crippen LogP contribution is -2.19. The third-order valence-electron chi connectivity index (χ3n) is 2.53. The van der Waals surface area contributed by atoms with E-state index in [9.17, 15) is 0 Å². The number of anilines is 1. The van der Waals surface area contributed by atoms with Gasteiger partial charge in [-0.1, -0.05) is 15.9 Å². The highest BCUT2D eigenvalue weighted by Crippen LogP contribution is 2.29. The fraction of sp³-hybridized carbons (Fsp3) is 0.500. The second kappa shape index (κ2) is 5.55. The van der Waals surface area contributed by atoms with Crippen LogP contribution in [0.1, 0.15) is 13.3 Å². The Labute approximate surface area is 104 Å². The maximum atomic E-state index is 5.59. The van der Waals surface area contributed by atoms with Crippen LogP contribution < -0.4 is 10.1 Å². The molecule has 1 atom stereocenters. The van der Waals surface area contributed by atoms with E-state index in [4.69, 9.17) is 9.47 Å².